The maximum absolute atomic E-state index is 13.0. The molecule has 0 spiro atoms. The lowest BCUT2D eigenvalue weighted by Gasteiger charge is -2.18. The Balaban J connectivity index is 1.62. The SMILES string of the molecule is C#CCCC(=O)NCCOc1ccc(C)c(C(=O)N[C@H](C)c2cccc3ccccc23)c1. The van der Waals surface area contributed by atoms with Crippen molar-refractivity contribution in [3.8, 4) is 18.1 Å². The van der Waals surface area contributed by atoms with Crippen molar-refractivity contribution >= 4 is 22.6 Å². The van der Waals surface area contributed by atoms with Crippen molar-refractivity contribution in [2.45, 2.75) is 32.7 Å². The minimum absolute atomic E-state index is 0.0991. The molecule has 5 nitrogen and oxygen atoms in total. The lowest BCUT2D eigenvalue weighted by Crippen LogP contribution is -2.28. The van der Waals surface area contributed by atoms with Gasteiger partial charge in [0, 0.05) is 18.4 Å². The molecule has 0 radical (unpaired) electrons. The molecular formula is C27H28N2O3. The fourth-order valence-electron chi connectivity index (χ4n) is 3.55. The third kappa shape index (κ3) is 5.89. The number of carbonyl (C=O) groups excluding carboxylic acids is 2. The second-order valence-corrected chi connectivity index (χ2v) is 7.64. The normalized spacial score (nSPS) is 11.4. The molecule has 0 bridgehead atoms. The summed E-state index contributed by atoms with van der Waals surface area (Å²) >= 11 is 0. The number of hydrogen-bond acceptors (Lipinski definition) is 3. The highest BCUT2D eigenvalue weighted by atomic mass is 16.5. The Morgan fingerprint density at radius 2 is 1.88 bits per heavy atom. The van der Waals surface area contributed by atoms with Crippen LogP contribution in [0.5, 0.6) is 5.75 Å². The van der Waals surface area contributed by atoms with Gasteiger partial charge in [-0.2, -0.15) is 0 Å². The zero-order chi connectivity index (χ0) is 22.9. The van der Waals surface area contributed by atoms with Crippen molar-refractivity contribution in [2.24, 2.45) is 0 Å². The molecule has 5 heteroatoms. The molecule has 0 heterocycles. The quantitative estimate of drug-likeness (QED) is 0.388. The standard InChI is InChI=1S/C27H28N2O3/c1-4-5-13-26(30)28-16-17-32-22-15-14-19(2)25(18-22)27(31)29-20(3)23-12-8-10-21-9-6-7-11-24(21)23/h1,6-12,14-15,18,20H,5,13,16-17H2,2-3H3,(H,28,30)(H,29,31)/t20-/m1/s1. The Morgan fingerprint density at radius 3 is 2.69 bits per heavy atom. The van der Waals surface area contributed by atoms with Gasteiger partial charge < -0.3 is 15.4 Å². The summed E-state index contributed by atoms with van der Waals surface area (Å²) in [6.45, 7) is 4.56. The molecule has 1 atom stereocenters. The molecular weight excluding hydrogens is 400 g/mol. The highest BCUT2D eigenvalue weighted by Crippen LogP contribution is 2.25. The van der Waals surface area contributed by atoms with Gasteiger partial charge in [-0.3, -0.25) is 9.59 Å². The van der Waals surface area contributed by atoms with Gasteiger partial charge >= 0.3 is 0 Å². The topological polar surface area (TPSA) is 67.4 Å². The van der Waals surface area contributed by atoms with Crippen LogP contribution in [0.2, 0.25) is 0 Å². The molecule has 0 aliphatic rings. The monoisotopic (exact) mass is 428 g/mol. The second kappa shape index (κ2) is 11.0. The first kappa shape index (κ1) is 22.9. The van der Waals surface area contributed by atoms with Gasteiger partial charge in [-0.15, -0.1) is 12.3 Å². The minimum atomic E-state index is -0.157. The summed E-state index contributed by atoms with van der Waals surface area (Å²) in [4.78, 5) is 24.6. The predicted molar refractivity (Wildman–Crippen MR) is 128 cm³/mol. The van der Waals surface area contributed by atoms with E-state index >= 15 is 0 Å². The average Bonchev–Trinajstić information content (AvgIpc) is 2.80. The van der Waals surface area contributed by atoms with Gasteiger partial charge in [-0.25, -0.2) is 0 Å². The molecule has 0 saturated carbocycles. The number of terminal acetylenes is 1. The van der Waals surface area contributed by atoms with Crippen molar-refractivity contribution in [2.75, 3.05) is 13.2 Å². The van der Waals surface area contributed by atoms with Crippen molar-refractivity contribution in [3.05, 3.63) is 77.4 Å². The first-order valence-electron chi connectivity index (χ1n) is 10.7. The molecule has 2 N–H and O–H groups in total. The maximum atomic E-state index is 13.0. The van der Waals surface area contributed by atoms with Crippen LogP contribution in [0.3, 0.4) is 0 Å². The van der Waals surface area contributed by atoms with E-state index in [9.17, 15) is 9.59 Å². The van der Waals surface area contributed by atoms with Crippen LogP contribution in [0, 0.1) is 19.3 Å². The van der Waals surface area contributed by atoms with Crippen LogP contribution in [0.15, 0.2) is 60.7 Å². The maximum Gasteiger partial charge on any atom is 0.252 e. The first-order valence-corrected chi connectivity index (χ1v) is 10.7. The lowest BCUT2D eigenvalue weighted by molar-refractivity contribution is -0.121. The summed E-state index contributed by atoms with van der Waals surface area (Å²) in [5.74, 6) is 2.76. The number of rotatable bonds is 9. The number of hydrogen-bond donors (Lipinski definition) is 2. The van der Waals surface area contributed by atoms with Crippen LogP contribution in [0.1, 0.15) is 47.3 Å². The summed E-state index contributed by atoms with van der Waals surface area (Å²) < 4.78 is 5.72. The Kier molecular flexibility index (Phi) is 7.88. The number of fused-ring (bicyclic) bond motifs is 1. The van der Waals surface area contributed by atoms with E-state index in [0.29, 0.717) is 37.3 Å². The van der Waals surface area contributed by atoms with E-state index in [4.69, 9.17) is 11.2 Å². The molecule has 0 fully saturated rings. The molecule has 0 aromatic heterocycles. The number of carbonyl (C=O) groups is 2. The number of aryl methyl sites for hydroxylation is 1. The summed E-state index contributed by atoms with van der Waals surface area (Å²) in [5, 5.41) is 8.13. The number of benzene rings is 3. The fraction of sp³-hybridized carbons (Fsp3) is 0.259. The zero-order valence-electron chi connectivity index (χ0n) is 18.5. The molecule has 0 unspecified atom stereocenters. The third-order valence-electron chi connectivity index (χ3n) is 5.28. The Morgan fingerprint density at radius 1 is 1.09 bits per heavy atom. The Bertz CT molecular complexity index is 1140. The summed E-state index contributed by atoms with van der Waals surface area (Å²) in [7, 11) is 0. The number of nitrogens with one attached hydrogen (secondary N) is 2. The van der Waals surface area contributed by atoms with Gasteiger partial charge in [0.1, 0.15) is 12.4 Å². The van der Waals surface area contributed by atoms with Gasteiger partial charge in [0.25, 0.3) is 5.91 Å². The highest BCUT2D eigenvalue weighted by Gasteiger charge is 2.16. The highest BCUT2D eigenvalue weighted by molar-refractivity contribution is 5.96. The first-order chi connectivity index (χ1) is 15.5. The molecule has 3 aromatic rings. The lowest BCUT2D eigenvalue weighted by atomic mass is 9.99. The van der Waals surface area contributed by atoms with E-state index < -0.39 is 0 Å². The van der Waals surface area contributed by atoms with E-state index in [1.54, 1.807) is 6.07 Å². The van der Waals surface area contributed by atoms with E-state index in [-0.39, 0.29) is 17.9 Å². The molecule has 164 valence electrons. The fourth-order valence-corrected chi connectivity index (χ4v) is 3.55. The predicted octanol–water partition coefficient (Wildman–Crippen LogP) is 4.55. The third-order valence-corrected chi connectivity index (χ3v) is 5.28. The van der Waals surface area contributed by atoms with Crippen LogP contribution < -0.4 is 15.4 Å². The molecule has 0 aliphatic heterocycles. The van der Waals surface area contributed by atoms with Crippen molar-refractivity contribution in [1.29, 1.82) is 0 Å². The van der Waals surface area contributed by atoms with Crippen LogP contribution in [-0.2, 0) is 4.79 Å². The Labute approximate surface area is 189 Å². The van der Waals surface area contributed by atoms with Gasteiger partial charge in [0.05, 0.1) is 12.6 Å². The van der Waals surface area contributed by atoms with Crippen LogP contribution in [0.4, 0.5) is 0 Å². The van der Waals surface area contributed by atoms with Crippen LogP contribution in [-0.4, -0.2) is 25.0 Å². The summed E-state index contributed by atoms with van der Waals surface area (Å²) in [6.07, 6.45) is 5.88. The average molecular weight is 429 g/mol. The minimum Gasteiger partial charge on any atom is -0.492 e. The zero-order valence-corrected chi connectivity index (χ0v) is 18.5. The van der Waals surface area contributed by atoms with Crippen molar-refractivity contribution in [3.63, 3.8) is 0 Å². The van der Waals surface area contributed by atoms with E-state index in [0.717, 1.165) is 21.9 Å². The molecule has 32 heavy (non-hydrogen) atoms. The van der Waals surface area contributed by atoms with Gasteiger partial charge in [0.15, 0.2) is 0 Å². The molecule has 0 aliphatic carbocycles. The number of amides is 2. The molecule has 3 aromatic carbocycles. The van der Waals surface area contributed by atoms with E-state index in [2.05, 4.69) is 34.8 Å². The largest absolute Gasteiger partial charge is 0.492 e. The molecule has 2 amide bonds. The smallest absolute Gasteiger partial charge is 0.252 e. The summed E-state index contributed by atoms with van der Waals surface area (Å²) in [6, 6.07) is 19.5. The second-order valence-electron chi connectivity index (χ2n) is 7.64. The van der Waals surface area contributed by atoms with E-state index in [1.807, 2.05) is 50.2 Å². The van der Waals surface area contributed by atoms with Crippen molar-refractivity contribution in [1.82, 2.24) is 10.6 Å². The Hall–Kier alpha value is -3.78. The van der Waals surface area contributed by atoms with Crippen LogP contribution >= 0.6 is 0 Å². The number of ether oxygens (including phenoxy) is 1. The van der Waals surface area contributed by atoms with E-state index in [1.165, 1.54) is 0 Å². The molecule has 0 saturated heterocycles. The summed E-state index contributed by atoms with van der Waals surface area (Å²) in [5.41, 5.74) is 2.50. The van der Waals surface area contributed by atoms with Crippen molar-refractivity contribution < 1.29 is 14.3 Å². The van der Waals surface area contributed by atoms with Gasteiger partial charge in [-0.1, -0.05) is 48.5 Å². The van der Waals surface area contributed by atoms with Gasteiger partial charge in [0.2, 0.25) is 5.91 Å². The van der Waals surface area contributed by atoms with Gasteiger partial charge in [-0.05, 0) is 47.9 Å². The molecule has 3 rings (SSSR count). The van der Waals surface area contributed by atoms with Crippen LogP contribution in [0.25, 0.3) is 10.8 Å².